The average Bonchev–Trinajstić information content (AvgIpc) is 2.86. The first-order valence-corrected chi connectivity index (χ1v) is 9.01. The molecule has 0 bridgehead atoms. The largest absolute Gasteiger partial charge is 0.508 e. The lowest BCUT2D eigenvalue weighted by molar-refractivity contribution is -0.132. The second-order valence-electron chi connectivity index (χ2n) is 7.02. The molecule has 25 heavy (non-hydrogen) atoms. The fraction of sp³-hybridized carbons (Fsp3) is 0.500. The van der Waals surface area contributed by atoms with E-state index in [-0.39, 0.29) is 5.91 Å². The molecule has 1 N–H and O–H groups in total. The van der Waals surface area contributed by atoms with Gasteiger partial charge >= 0.3 is 0 Å². The highest BCUT2D eigenvalue weighted by Gasteiger charge is 2.24. The van der Waals surface area contributed by atoms with Gasteiger partial charge in [-0.25, -0.2) is 0 Å². The standard InChI is InChI=1S/C20H27N3O2/c1-14-19(15(2)22(3)21-14)8-9-20(25)23-12-10-17(11-13-23)16-4-6-18(24)7-5-16/h4-7,17,24H,8-13H2,1-3H3. The number of aromatic nitrogens is 2. The molecule has 5 heteroatoms. The average molecular weight is 341 g/mol. The number of aromatic hydroxyl groups is 1. The Kier molecular flexibility index (Phi) is 5.11. The third-order valence-corrected chi connectivity index (χ3v) is 5.46. The lowest BCUT2D eigenvalue weighted by atomic mass is 9.89. The maximum absolute atomic E-state index is 12.6. The smallest absolute Gasteiger partial charge is 0.222 e. The van der Waals surface area contributed by atoms with Gasteiger partial charge in [0.25, 0.3) is 0 Å². The van der Waals surface area contributed by atoms with Gasteiger partial charge in [-0.2, -0.15) is 5.10 Å². The number of aryl methyl sites for hydroxylation is 2. The summed E-state index contributed by atoms with van der Waals surface area (Å²) in [6.07, 6.45) is 3.29. The zero-order chi connectivity index (χ0) is 18.0. The van der Waals surface area contributed by atoms with E-state index in [0.717, 1.165) is 43.7 Å². The van der Waals surface area contributed by atoms with Gasteiger partial charge in [-0.05, 0) is 62.3 Å². The number of amides is 1. The molecule has 2 heterocycles. The molecule has 1 fully saturated rings. The number of benzene rings is 1. The van der Waals surface area contributed by atoms with Crippen LogP contribution in [-0.4, -0.2) is 38.8 Å². The van der Waals surface area contributed by atoms with Crippen molar-refractivity contribution in [2.45, 2.75) is 45.4 Å². The first kappa shape index (κ1) is 17.5. The molecule has 1 amide bonds. The van der Waals surface area contributed by atoms with Crippen molar-refractivity contribution < 1.29 is 9.90 Å². The lowest BCUT2D eigenvalue weighted by Crippen LogP contribution is -2.38. The van der Waals surface area contributed by atoms with Crippen molar-refractivity contribution in [2.24, 2.45) is 7.05 Å². The summed E-state index contributed by atoms with van der Waals surface area (Å²) < 4.78 is 1.89. The Morgan fingerprint density at radius 2 is 1.84 bits per heavy atom. The fourth-order valence-electron chi connectivity index (χ4n) is 3.78. The van der Waals surface area contributed by atoms with Crippen molar-refractivity contribution in [3.63, 3.8) is 0 Å². The van der Waals surface area contributed by atoms with Crippen LogP contribution < -0.4 is 0 Å². The number of carbonyl (C=O) groups excluding carboxylic acids is 1. The number of hydrogen-bond acceptors (Lipinski definition) is 3. The molecular formula is C20H27N3O2. The van der Waals surface area contributed by atoms with Gasteiger partial charge in [0.1, 0.15) is 5.75 Å². The molecular weight excluding hydrogens is 314 g/mol. The van der Waals surface area contributed by atoms with Gasteiger partial charge in [-0.15, -0.1) is 0 Å². The van der Waals surface area contributed by atoms with Crippen molar-refractivity contribution >= 4 is 5.91 Å². The van der Waals surface area contributed by atoms with Crippen LogP contribution in [0.15, 0.2) is 24.3 Å². The molecule has 0 saturated carbocycles. The van der Waals surface area contributed by atoms with Gasteiger partial charge in [0, 0.05) is 32.3 Å². The van der Waals surface area contributed by atoms with Gasteiger partial charge in [-0.3, -0.25) is 9.48 Å². The number of likely N-dealkylation sites (tertiary alicyclic amines) is 1. The summed E-state index contributed by atoms with van der Waals surface area (Å²) in [6, 6.07) is 7.47. The zero-order valence-electron chi connectivity index (χ0n) is 15.3. The van der Waals surface area contributed by atoms with Crippen molar-refractivity contribution in [3.05, 3.63) is 46.8 Å². The van der Waals surface area contributed by atoms with E-state index in [1.165, 1.54) is 11.1 Å². The molecule has 0 radical (unpaired) electrons. The normalized spacial score (nSPS) is 15.6. The molecule has 0 spiro atoms. The Labute approximate surface area is 149 Å². The van der Waals surface area contributed by atoms with Crippen LogP contribution in [0.3, 0.4) is 0 Å². The summed E-state index contributed by atoms with van der Waals surface area (Å²) in [5.41, 5.74) is 4.64. The van der Waals surface area contributed by atoms with Crippen LogP contribution in [0.1, 0.15) is 47.7 Å². The SMILES string of the molecule is Cc1nn(C)c(C)c1CCC(=O)N1CCC(c2ccc(O)cc2)CC1. The second-order valence-corrected chi connectivity index (χ2v) is 7.02. The minimum atomic E-state index is 0.242. The fourth-order valence-corrected chi connectivity index (χ4v) is 3.78. The summed E-state index contributed by atoms with van der Waals surface area (Å²) in [7, 11) is 1.95. The molecule has 0 atom stereocenters. The van der Waals surface area contributed by atoms with Crippen LogP contribution in [0.25, 0.3) is 0 Å². The molecule has 0 aliphatic carbocycles. The van der Waals surface area contributed by atoms with Crippen LogP contribution in [0.4, 0.5) is 0 Å². The third kappa shape index (κ3) is 3.86. The van der Waals surface area contributed by atoms with E-state index < -0.39 is 0 Å². The summed E-state index contributed by atoms with van der Waals surface area (Å²) in [6.45, 7) is 5.70. The van der Waals surface area contributed by atoms with Crippen molar-refractivity contribution in [2.75, 3.05) is 13.1 Å². The number of nitrogens with zero attached hydrogens (tertiary/aromatic N) is 3. The van der Waals surface area contributed by atoms with Gasteiger partial charge < -0.3 is 10.0 Å². The zero-order valence-corrected chi connectivity index (χ0v) is 15.3. The molecule has 2 aromatic rings. The van der Waals surface area contributed by atoms with Crippen molar-refractivity contribution in [1.82, 2.24) is 14.7 Å². The summed E-state index contributed by atoms with van der Waals surface area (Å²) in [5, 5.41) is 13.8. The number of phenols is 1. The minimum absolute atomic E-state index is 0.242. The van der Waals surface area contributed by atoms with E-state index in [4.69, 9.17) is 0 Å². The predicted octanol–water partition coefficient (Wildman–Crippen LogP) is 3.08. The molecule has 5 nitrogen and oxygen atoms in total. The number of hydrogen-bond donors (Lipinski definition) is 1. The van der Waals surface area contributed by atoms with Crippen LogP contribution in [0.5, 0.6) is 5.75 Å². The Morgan fingerprint density at radius 3 is 2.40 bits per heavy atom. The molecule has 3 rings (SSSR count). The first-order valence-electron chi connectivity index (χ1n) is 9.01. The molecule has 1 aliphatic heterocycles. The molecule has 1 aliphatic rings. The van der Waals surface area contributed by atoms with E-state index in [1.807, 2.05) is 35.7 Å². The van der Waals surface area contributed by atoms with Crippen molar-refractivity contribution in [1.29, 1.82) is 0 Å². The molecule has 0 unspecified atom stereocenters. The first-order chi connectivity index (χ1) is 12.0. The molecule has 1 aromatic heterocycles. The van der Waals surface area contributed by atoms with Crippen LogP contribution >= 0.6 is 0 Å². The highest BCUT2D eigenvalue weighted by molar-refractivity contribution is 5.76. The molecule has 134 valence electrons. The molecule has 1 aromatic carbocycles. The minimum Gasteiger partial charge on any atom is -0.508 e. The monoisotopic (exact) mass is 341 g/mol. The van der Waals surface area contributed by atoms with Gasteiger partial charge in [-0.1, -0.05) is 12.1 Å². The quantitative estimate of drug-likeness (QED) is 0.930. The van der Waals surface area contributed by atoms with E-state index in [0.29, 0.717) is 18.1 Å². The number of carbonyl (C=O) groups is 1. The van der Waals surface area contributed by atoms with E-state index >= 15 is 0 Å². The maximum atomic E-state index is 12.6. The number of rotatable bonds is 4. The molecule has 1 saturated heterocycles. The lowest BCUT2D eigenvalue weighted by Gasteiger charge is -2.32. The van der Waals surface area contributed by atoms with Crippen molar-refractivity contribution in [3.8, 4) is 5.75 Å². The Bertz CT molecular complexity index is 741. The summed E-state index contributed by atoms with van der Waals surface area (Å²) in [5.74, 6) is 1.02. The third-order valence-electron chi connectivity index (χ3n) is 5.46. The Hall–Kier alpha value is -2.30. The van der Waals surface area contributed by atoms with Gasteiger partial charge in [0.15, 0.2) is 0 Å². The van der Waals surface area contributed by atoms with Crippen LogP contribution in [0.2, 0.25) is 0 Å². The Morgan fingerprint density at radius 1 is 1.20 bits per heavy atom. The Balaban J connectivity index is 1.52. The highest BCUT2D eigenvalue weighted by Crippen LogP contribution is 2.29. The van der Waals surface area contributed by atoms with Gasteiger partial charge in [0.2, 0.25) is 5.91 Å². The predicted molar refractivity (Wildman–Crippen MR) is 97.7 cm³/mol. The van der Waals surface area contributed by atoms with E-state index in [1.54, 1.807) is 12.1 Å². The summed E-state index contributed by atoms with van der Waals surface area (Å²) in [4.78, 5) is 14.6. The van der Waals surface area contributed by atoms with E-state index in [2.05, 4.69) is 12.0 Å². The maximum Gasteiger partial charge on any atom is 0.222 e. The topological polar surface area (TPSA) is 58.4 Å². The van der Waals surface area contributed by atoms with E-state index in [9.17, 15) is 9.90 Å². The number of phenolic OH excluding ortho intramolecular Hbond substituents is 1. The van der Waals surface area contributed by atoms with Crippen LogP contribution in [-0.2, 0) is 18.3 Å². The highest BCUT2D eigenvalue weighted by atomic mass is 16.3. The summed E-state index contributed by atoms with van der Waals surface area (Å²) >= 11 is 0. The van der Waals surface area contributed by atoms with Gasteiger partial charge in [0.05, 0.1) is 5.69 Å². The number of piperidine rings is 1. The second kappa shape index (κ2) is 7.30. The van der Waals surface area contributed by atoms with Crippen LogP contribution in [0, 0.1) is 13.8 Å².